The van der Waals surface area contributed by atoms with Gasteiger partial charge in [0.1, 0.15) is 17.1 Å². The highest BCUT2D eigenvalue weighted by Gasteiger charge is 2.44. The summed E-state index contributed by atoms with van der Waals surface area (Å²) in [5.74, 6) is 0.683. The first-order chi connectivity index (χ1) is 12.8. The number of fused-ring (bicyclic) bond motifs is 4. The summed E-state index contributed by atoms with van der Waals surface area (Å²) in [5.41, 5.74) is 3.10. The molecule has 2 aliphatic rings. The third kappa shape index (κ3) is 3.38. The van der Waals surface area contributed by atoms with Crippen LogP contribution in [0.1, 0.15) is 63.2 Å². The van der Waals surface area contributed by atoms with E-state index in [0.717, 1.165) is 48.3 Å². The van der Waals surface area contributed by atoms with Crippen LogP contribution < -0.4 is 0 Å². The first kappa shape index (κ1) is 17.8. The van der Waals surface area contributed by atoms with E-state index in [0.29, 0.717) is 5.82 Å². The van der Waals surface area contributed by atoms with Crippen molar-refractivity contribution >= 4 is 6.09 Å². The largest absolute Gasteiger partial charge is 0.444 e. The molecule has 2 aromatic rings. The first-order valence-electron chi connectivity index (χ1n) is 9.48. The monoisotopic (exact) mass is 367 g/mol. The molecule has 2 bridgehead atoms. The Hall–Kier alpha value is -2.57. The molecule has 1 saturated heterocycles. The van der Waals surface area contributed by atoms with Crippen LogP contribution in [0, 0.1) is 6.92 Å². The van der Waals surface area contributed by atoms with Crippen LogP contribution in [-0.2, 0) is 11.2 Å². The van der Waals surface area contributed by atoms with E-state index in [-0.39, 0.29) is 18.2 Å². The van der Waals surface area contributed by atoms with E-state index in [2.05, 4.69) is 15.0 Å². The van der Waals surface area contributed by atoms with Crippen LogP contribution >= 0.6 is 0 Å². The van der Waals surface area contributed by atoms with Crippen LogP contribution in [0.3, 0.4) is 0 Å². The number of ether oxygens (including phenoxy) is 1. The summed E-state index contributed by atoms with van der Waals surface area (Å²) in [4.78, 5) is 32.9. The number of nitrogens with zero attached hydrogens (tertiary/aromatic N) is 5. The summed E-state index contributed by atoms with van der Waals surface area (Å²) in [7, 11) is 0. The molecule has 7 nitrogen and oxygen atoms in total. The molecule has 1 fully saturated rings. The molecule has 27 heavy (non-hydrogen) atoms. The zero-order valence-electron chi connectivity index (χ0n) is 16.3. The quantitative estimate of drug-likeness (QED) is 0.765. The van der Waals surface area contributed by atoms with Crippen LogP contribution in [0.4, 0.5) is 4.79 Å². The van der Waals surface area contributed by atoms with Gasteiger partial charge in [0.05, 0.1) is 23.6 Å². The SMILES string of the molecule is Cc1nc(-c2cnccn2)c2c(n1)[C@H]1CCC[C@@H](C2)N1C(=O)OC(C)(C)C. The van der Waals surface area contributed by atoms with Crippen molar-refractivity contribution in [3.8, 4) is 11.4 Å². The summed E-state index contributed by atoms with van der Waals surface area (Å²) in [5, 5.41) is 0. The Kier molecular flexibility index (Phi) is 4.32. The molecule has 0 N–H and O–H groups in total. The van der Waals surface area contributed by atoms with Gasteiger partial charge in [0.15, 0.2) is 0 Å². The first-order valence-corrected chi connectivity index (χ1v) is 9.48. The normalized spacial score (nSPS) is 21.6. The van der Waals surface area contributed by atoms with E-state index in [1.807, 2.05) is 32.6 Å². The maximum atomic E-state index is 12.9. The number of carbonyl (C=O) groups excluding carboxylic acids is 1. The van der Waals surface area contributed by atoms with Gasteiger partial charge in [-0.15, -0.1) is 0 Å². The lowest BCUT2D eigenvalue weighted by Gasteiger charge is -2.46. The zero-order valence-corrected chi connectivity index (χ0v) is 16.3. The van der Waals surface area contributed by atoms with Gasteiger partial charge in [-0.3, -0.25) is 14.9 Å². The van der Waals surface area contributed by atoms with Gasteiger partial charge < -0.3 is 4.74 Å². The fourth-order valence-electron chi connectivity index (χ4n) is 4.10. The molecule has 2 aliphatic heterocycles. The molecule has 0 unspecified atom stereocenters. The summed E-state index contributed by atoms with van der Waals surface area (Å²) in [6, 6.07) is 0.0345. The van der Waals surface area contributed by atoms with Crippen molar-refractivity contribution in [2.75, 3.05) is 0 Å². The predicted octanol–water partition coefficient (Wildman–Crippen LogP) is 3.63. The molecule has 4 heterocycles. The molecule has 4 rings (SSSR count). The van der Waals surface area contributed by atoms with E-state index in [1.54, 1.807) is 18.6 Å². The highest BCUT2D eigenvalue weighted by atomic mass is 16.6. The highest BCUT2D eigenvalue weighted by molar-refractivity contribution is 5.71. The summed E-state index contributed by atoms with van der Waals surface area (Å²) < 4.78 is 5.69. The van der Waals surface area contributed by atoms with E-state index in [9.17, 15) is 4.79 Å². The van der Waals surface area contributed by atoms with Crippen molar-refractivity contribution in [3.63, 3.8) is 0 Å². The van der Waals surface area contributed by atoms with E-state index in [1.165, 1.54) is 0 Å². The van der Waals surface area contributed by atoms with Crippen molar-refractivity contribution in [2.45, 2.75) is 71.1 Å². The van der Waals surface area contributed by atoms with Crippen LogP contribution in [0.5, 0.6) is 0 Å². The maximum Gasteiger partial charge on any atom is 0.411 e. The molecule has 0 aromatic carbocycles. The summed E-state index contributed by atoms with van der Waals surface area (Å²) in [6.45, 7) is 7.58. The van der Waals surface area contributed by atoms with Crippen LogP contribution in [0.2, 0.25) is 0 Å². The number of aromatic nitrogens is 4. The smallest absolute Gasteiger partial charge is 0.411 e. The van der Waals surface area contributed by atoms with Crippen molar-refractivity contribution in [2.24, 2.45) is 0 Å². The number of hydrogen-bond acceptors (Lipinski definition) is 6. The lowest BCUT2D eigenvalue weighted by Crippen LogP contribution is -2.51. The van der Waals surface area contributed by atoms with Gasteiger partial charge in [-0.05, 0) is 53.4 Å². The van der Waals surface area contributed by atoms with Gasteiger partial charge in [-0.2, -0.15) is 0 Å². The molecular formula is C20H25N5O2. The average molecular weight is 367 g/mol. The lowest BCUT2D eigenvalue weighted by molar-refractivity contribution is -0.0105. The second-order valence-corrected chi connectivity index (χ2v) is 8.27. The molecular weight excluding hydrogens is 342 g/mol. The Morgan fingerprint density at radius 1 is 1.22 bits per heavy atom. The minimum absolute atomic E-state index is 0.0699. The van der Waals surface area contributed by atoms with Crippen molar-refractivity contribution in [1.29, 1.82) is 0 Å². The minimum Gasteiger partial charge on any atom is -0.444 e. The summed E-state index contributed by atoms with van der Waals surface area (Å²) >= 11 is 0. The van der Waals surface area contributed by atoms with Crippen molar-refractivity contribution in [3.05, 3.63) is 35.7 Å². The summed E-state index contributed by atoms with van der Waals surface area (Å²) in [6.07, 6.45) is 8.47. The molecule has 2 atom stereocenters. The van der Waals surface area contributed by atoms with Crippen LogP contribution in [-0.4, -0.2) is 42.6 Å². The van der Waals surface area contributed by atoms with Gasteiger partial charge >= 0.3 is 6.09 Å². The number of aryl methyl sites for hydroxylation is 1. The Bertz CT molecular complexity index is 863. The maximum absolute atomic E-state index is 12.9. The predicted molar refractivity (Wildman–Crippen MR) is 100.0 cm³/mol. The van der Waals surface area contributed by atoms with Gasteiger partial charge in [0.2, 0.25) is 0 Å². The average Bonchev–Trinajstić information content (AvgIpc) is 2.61. The number of amides is 1. The zero-order chi connectivity index (χ0) is 19.2. The molecule has 0 radical (unpaired) electrons. The van der Waals surface area contributed by atoms with E-state index >= 15 is 0 Å². The number of rotatable bonds is 1. The third-order valence-corrected chi connectivity index (χ3v) is 5.06. The van der Waals surface area contributed by atoms with Crippen LogP contribution in [0.25, 0.3) is 11.4 Å². The Morgan fingerprint density at radius 3 is 2.74 bits per heavy atom. The van der Waals surface area contributed by atoms with E-state index < -0.39 is 5.60 Å². The molecule has 2 aromatic heterocycles. The van der Waals surface area contributed by atoms with Gasteiger partial charge in [0, 0.05) is 24.0 Å². The fourth-order valence-corrected chi connectivity index (χ4v) is 4.10. The van der Waals surface area contributed by atoms with Gasteiger partial charge in [0.25, 0.3) is 0 Å². The van der Waals surface area contributed by atoms with Gasteiger partial charge in [-0.1, -0.05) is 0 Å². The Morgan fingerprint density at radius 2 is 2.04 bits per heavy atom. The Balaban J connectivity index is 1.79. The molecule has 1 amide bonds. The fraction of sp³-hybridized carbons (Fsp3) is 0.550. The third-order valence-electron chi connectivity index (χ3n) is 5.06. The standard InChI is InChI=1S/C20H25N5O2/c1-12-23-17(15-11-21-8-9-22-15)14-10-13-6-5-7-16(18(14)24-12)25(13)19(26)27-20(2,3)4/h8-9,11,13,16H,5-7,10H2,1-4H3/t13-,16+/m0/s1. The molecule has 7 heteroatoms. The molecule has 0 spiro atoms. The highest BCUT2D eigenvalue weighted by Crippen LogP contribution is 2.43. The number of piperidine rings is 1. The second kappa shape index (κ2) is 6.55. The Labute approximate surface area is 159 Å². The van der Waals surface area contributed by atoms with Crippen LogP contribution in [0.15, 0.2) is 18.6 Å². The van der Waals surface area contributed by atoms with Crippen molar-refractivity contribution < 1.29 is 9.53 Å². The molecule has 0 saturated carbocycles. The topological polar surface area (TPSA) is 81.1 Å². The van der Waals surface area contributed by atoms with E-state index in [4.69, 9.17) is 9.72 Å². The second-order valence-electron chi connectivity index (χ2n) is 8.27. The molecule has 142 valence electrons. The van der Waals surface area contributed by atoms with Crippen molar-refractivity contribution in [1.82, 2.24) is 24.8 Å². The minimum atomic E-state index is -0.516. The lowest BCUT2D eigenvalue weighted by atomic mass is 9.82. The number of hydrogen-bond donors (Lipinski definition) is 0. The molecule has 0 aliphatic carbocycles. The number of carbonyl (C=O) groups is 1. The van der Waals surface area contributed by atoms with Gasteiger partial charge in [-0.25, -0.2) is 14.8 Å².